The average molecular weight is 191 g/mol. The molecule has 0 aliphatic carbocycles. The molecule has 0 aromatic carbocycles. The van der Waals surface area contributed by atoms with Gasteiger partial charge in [0, 0.05) is 19.8 Å². The largest absolute Gasteiger partial charge is 0.365 e. The van der Waals surface area contributed by atoms with Gasteiger partial charge in [0.1, 0.15) is 0 Å². The lowest BCUT2D eigenvalue weighted by molar-refractivity contribution is 0.104. The molecule has 0 spiro atoms. The van der Waals surface area contributed by atoms with Gasteiger partial charge in [-0.25, -0.2) is 0 Å². The monoisotopic (exact) mass is 191 g/mol. The Morgan fingerprint density at radius 1 is 1.71 bits per heavy atom. The van der Waals surface area contributed by atoms with Crippen LogP contribution in [0.15, 0.2) is 31.5 Å². The highest BCUT2D eigenvalue weighted by molar-refractivity contribution is 6.07. The first-order chi connectivity index (χ1) is 6.69. The Labute approximate surface area is 82.9 Å². The molecule has 0 radical (unpaired) electrons. The van der Waals surface area contributed by atoms with Crippen LogP contribution in [0.2, 0.25) is 0 Å². The number of ketones is 1. The third-order valence-electron chi connectivity index (χ3n) is 1.69. The molecule has 0 amide bonds. The maximum Gasteiger partial charge on any atom is 0.190 e. The highest BCUT2D eigenvalue weighted by Gasteiger charge is 2.11. The van der Waals surface area contributed by atoms with Crippen molar-refractivity contribution in [3.8, 4) is 0 Å². The second kappa shape index (κ2) is 4.41. The molecule has 1 rings (SSSR count). The van der Waals surface area contributed by atoms with E-state index in [2.05, 4.69) is 23.6 Å². The van der Waals surface area contributed by atoms with Crippen molar-refractivity contribution in [1.29, 1.82) is 0 Å². The van der Waals surface area contributed by atoms with Gasteiger partial charge < -0.3 is 5.32 Å². The standard InChI is InChI=1S/C10H13N3O/c1-4-6-11-10-8(9(14)5-2)7-13(3)12-10/h4-5,7H,1-2,6H2,3H3,(H,11,12). The summed E-state index contributed by atoms with van der Waals surface area (Å²) in [6, 6.07) is 0. The summed E-state index contributed by atoms with van der Waals surface area (Å²) in [4.78, 5) is 11.4. The molecular weight excluding hydrogens is 178 g/mol. The molecule has 0 unspecified atom stereocenters. The molecule has 0 fully saturated rings. The number of hydrogen-bond donors (Lipinski definition) is 1. The van der Waals surface area contributed by atoms with E-state index in [1.807, 2.05) is 0 Å². The number of rotatable bonds is 5. The molecule has 0 aliphatic rings. The first-order valence-corrected chi connectivity index (χ1v) is 4.24. The van der Waals surface area contributed by atoms with E-state index in [9.17, 15) is 4.79 Å². The van der Waals surface area contributed by atoms with Crippen LogP contribution >= 0.6 is 0 Å². The molecule has 1 N–H and O–H groups in total. The summed E-state index contributed by atoms with van der Waals surface area (Å²) in [6.07, 6.45) is 4.64. The van der Waals surface area contributed by atoms with E-state index in [1.165, 1.54) is 6.08 Å². The van der Waals surface area contributed by atoms with Gasteiger partial charge in [-0.15, -0.1) is 6.58 Å². The molecular formula is C10H13N3O. The molecule has 0 saturated carbocycles. The first-order valence-electron chi connectivity index (χ1n) is 4.24. The molecule has 0 aliphatic heterocycles. The number of carbonyl (C=O) groups is 1. The minimum absolute atomic E-state index is 0.135. The van der Waals surface area contributed by atoms with Crippen molar-refractivity contribution in [3.05, 3.63) is 37.1 Å². The molecule has 1 aromatic rings. The summed E-state index contributed by atoms with van der Waals surface area (Å²) < 4.78 is 1.59. The number of aryl methyl sites for hydroxylation is 1. The van der Waals surface area contributed by atoms with Gasteiger partial charge in [0.2, 0.25) is 0 Å². The molecule has 0 bridgehead atoms. The van der Waals surface area contributed by atoms with Crippen LogP contribution in [0.4, 0.5) is 5.82 Å². The van der Waals surface area contributed by atoms with Crippen molar-refractivity contribution < 1.29 is 4.79 Å². The molecule has 0 saturated heterocycles. The second-order valence-electron chi connectivity index (χ2n) is 2.80. The van der Waals surface area contributed by atoms with Gasteiger partial charge in [0.25, 0.3) is 0 Å². The second-order valence-corrected chi connectivity index (χ2v) is 2.80. The van der Waals surface area contributed by atoms with Crippen molar-refractivity contribution in [2.24, 2.45) is 7.05 Å². The predicted molar refractivity (Wildman–Crippen MR) is 56.4 cm³/mol. The summed E-state index contributed by atoms with van der Waals surface area (Å²) in [5.41, 5.74) is 0.532. The summed E-state index contributed by atoms with van der Waals surface area (Å²) in [5.74, 6) is 0.432. The Kier molecular flexibility index (Phi) is 3.23. The van der Waals surface area contributed by atoms with E-state index in [-0.39, 0.29) is 5.78 Å². The average Bonchev–Trinajstić information content (AvgIpc) is 2.55. The summed E-state index contributed by atoms with van der Waals surface area (Å²) in [6.45, 7) is 7.59. The Morgan fingerprint density at radius 2 is 2.43 bits per heavy atom. The highest BCUT2D eigenvalue weighted by atomic mass is 16.1. The van der Waals surface area contributed by atoms with Crippen molar-refractivity contribution in [2.45, 2.75) is 0 Å². The zero-order chi connectivity index (χ0) is 10.6. The number of anilines is 1. The smallest absolute Gasteiger partial charge is 0.190 e. The van der Waals surface area contributed by atoms with Crippen LogP contribution in [0, 0.1) is 0 Å². The Hall–Kier alpha value is -1.84. The van der Waals surface area contributed by atoms with Crippen molar-refractivity contribution in [2.75, 3.05) is 11.9 Å². The summed E-state index contributed by atoms with van der Waals surface area (Å²) in [7, 11) is 1.76. The van der Waals surface area contributed by atoms with E-state index < -0.39 is 0 Å². The van der Waals surface area contributed by atoms with Crippen LogP contribution in [-0.2, 0) is 7.05 Å². The van der Waals surface area contributed by atoms with Crippen molar-refractivity contribution in [1.82, 2.24) is 9.78 Å². The van der Waals surface area contributed by atoms with Gasteiger partial charge >= 0.3 is 0 Å². The van der Waals surface area contributed by atoms with Gasteiger partial charge in [-0.2, -0.15) is 5.10 Å². The van der Waals surface area contributed by atoms with E-state index in [1.54, 1.807) is 24.0 Å². The SMILES string of the molecule is C=CCNc1nn(C)cc1C(=O)C=C. The van der Waals surface area contributed by atoms with E-state index in [4.69, 9.17) is 0 Å². The quantitative estimate of drug-likeness (QED) is 0.434. The summed E-state index contributed by atoms with van der Waals surface area (Å²) >= 11 is 0. The fraction of sp³-hybridized carbons (Fsp3) is 0.200. The van der Waals surface area contributed by atoms with Gasteiger partial charge in [-0.05, 0) is 6.08 Å². The van der Waals surface area contributed by atoms with Crippen LogP contribution in [0.3, 0.4) is 0 Å². The molecule has 74 valence electrons. The van der Waals surface area contributed by atoms with Gasteiger partial charge in [0.15, 0.2) is 11.6 Å². The zero-order valence-electron chi connectivity index (χ0n) is 8.16. The van der Waals surface area contributed by atoms with Crippen LogP contribution in [0.25, 0.3) is 0 Å². The van der Waals surface area contributed by atoms with Gasteiger partial charge in [-0.3, -0.25) is 9.48 Å². The van der Waals surface area contributed by atoms with Crippen LogP contribution in [0.1, 0.15) is 10.4 Å². The number of nitrogens with one attached hydrogen (secondary N) is 1. The molecule has 4 nitrogen and oxygen atoms in total. The minimum atomic E-state index is -0.135. The van der Waals surface area contributed by atoms with Crippen LogP contribution in [-0.4, -0.2) is 22.1 Å². The number of allylic oxidation sites excluding steroid dienone is 1. The maximum absolute atomic E-state index is 11.4. The lowest BCUT2D eigenvalue weighted by Crippen LogP contribution is -2.03. The Bertz CT molecular complexity index is 365. The fourth-order valence-electron chi connectivity index (χ4n) is 1.08. The normalized spacial score (nSPS) is 9.50. The molecule has 1 heterocycles. The Morgan fingerprint density at radius 3 is 3.00 bits per heavy atom. The number of carbonyl (C=O) groups excluding carboxylic acids is 1. The fourth-order valence-corrected chi connectivity index (χ4v) is 1.08. The Balaban J connectivity index is 2.95. The third kappa shape index (κ3) is 2.10. The number of aromatic nitrogens is 2. The topological polar surface area (TPSA) is 46.9 Å². The number of nitrogens with zero attached hydrogens (tertiary/aromatic N) is 2. The van der Waals surface area contributed by atoms with Crippen LogP contribution < -0.4 is 5.32 Å². The van der Waals surface area contributed by atoms with Crippen molar-refractivity contribution >= 4 is 11.6 Å². The lowest BCUT2D eigenvalue weighted by atomic mass is 10.2. The third-order valence-corrected chi connectivity index (χ3v) is 1.69. The van der Waals surface area contributed by atoms with Gasteiger partial charge in [0.05, 0.1) is 5.56 Å². The molecule has 0 atom stereocenters. The molecule has 1 aromatic heterocycles. The van der Waals surface area contributed by atoms with E-state index in [0.717, 1.165) is 0 Å². The van der Waals surface area contributed by atoms with E-state index in [0.29, 0.717) is 17.9 Å². The summed E-state index contributed by atoms with van der Waals surface area (Å²) in [5, 5.41) is 7.09. The molecule has 4 heteroatoms. The van der Waals surface area contributed by atoms with Crippen molar-refractivity contribution in [3.63, 3.8) is 0 Å². The minimum Gasteiger partial charge on any atom is -0.365 e. The highest BCUT2D eigenvalue weighted by Crippen LogP contribution is 2.13. The first kappa shape index (κ1) is 10.2. The lowest BCUT2D eigenvalue weighted by Gasteiger charge is -1.99. The van der Waals surface area contributed by atoms with Gasteiger partial charge in [-0.1, -0.05) is 12.7 Å². The van der Waals surface area contributed by atoms with Crippen LogP contribution in [0.5, 0.6) is 0 Å². The predicted octanol–water partition coefficient (Wildman–Crippen LogP) is 1.39. The number of hydrogen-bond acceptors (Lipinski definition) is 3. The maximum atomic E-state index is 11.4. The van der Waals surface area contributed by atoms with E-state index >= 15 is 0 Å². The zero-order valence-corrected chi connectivity index (χ0v) is 8.16. The molecule has 14 heavy (non-hydrogen) atoms.